The molecule has 18 heavy (non-hydrogen) atoms. The normalized spacial score (nSPS) is 12.5. The molecule has 1 rings (SSSR count). The van der Waals surface area contributed by atoms with Crippen molar-refractivity contribution >= 4 is 11.6 Å². The first kappa shape index (κ1) is 14.5. The first-order valence-corrected chi connectivity index (χ1v) is 5.60. The number of nitrogens with zero attached hydrogens (tertiary/aromatic N) is 3. The summed E-state index contributed by atoms with van der Waals surface area (Å²) in [6, 6.07) is 0. The van der Waals surface area contributed by atoms with Gasteiger partial charge in [-0.2, -0.15) is 5.10 Å². The monoisotopic (exact) mass is 256 g/mol. The fourth-order valence-electron chi connectivity index (χ4n) is 1.75. The van der Waals surface area contributed by atoms with Crippen LogP contribution in [0.3, 0.4) is 0 Å². The Hall–Kier alpha value is -1.60. The molecule has 0 bridgehead atoms. The molecule has 1 aromatic rings. The molecule has 3 N–H and O–H groups in total. The molecule has 0 saturated carbocycles. The third kappa shape index (κ3) is 2.99. The number of aryl methyl sites for hydroxylation is 2. The minimum absolute atomic E-state index is 0.177. The number of amides is 1. The highest BCUT2D eigenvalue weighted by molar-refractivity contribution is 5.97. The molecule has 1 unspecified atom stereocenters. The quantitative estimate of drug-likeness (QED) is 0.733. The Morgan fingerprint density at radius 1 is 1.67 bits per heavy atom. The number of hydrogen-bond donors (Lipinski definition) is 2. The van der Waals surface area contributed by atoms with Crippen LogP contribution in [-0.4, -0.2) is 59.1 Å². The summed E-state index contributed by atoms with van der Waals surface area (Å²) in [5, 5.41) is 13.7. The van der Waals surface area contributed by atoms with Gasteiger partial charge >= 0.3 is 0 Å². The third-order valence-electron chi connectivity index (χ3n) is 2.66. The average molecular weight is 256 g/mol. The van der Waals surface area contributed by atoms with Crippen molar-refractivity contribution < 1.29 is 14.6 Å². The van der Waals surface area contributed by atoms with Crippen LogP contribution in [0.25, 0.3) is 0 Å². The van der Waals surface area contributed by atoms with Gasteiger partial charge in [-0.15, -0.1) is 0 Å². The van der Waals surface area contributed by atoms with Gasteiger partial charge in [0, 0.05) is 27.7 Å². The summed E-state index contributed by atoms with van der Waals surface area (Å²) < 4.78 is 6.26. The van der Waals surface area contributed by atoms with Gasteiger partial charge < -0.3 is 20.5 Å². The van der Waals surface area contributed by atoms with Gasteiger partial charge in [-0.05, 0) is 6.92 Å². The summed E-state index contributed by atoms with van der Waals surface area (Å²) in [6.45, 7) is 2.10. The highest BCUT2D eigenvalue weighted by Crippen LogP contribution is 2.16. The van der Waals surface area contributed by atoms with Crippen molar-refractivity contribution in [3.05, 3.63) is 11.4 Å². The first-order chi connectivity index (χ1) is 8.38. The Morgan fingerprint density at radius 3 is 2.72 bits per heavy atom. The smallest absolute Gasteiger partial charge is 0.274 e. The van der Waals surface area contributed by atoms with Crippen LogP contribution in [0.2, 0.25) is 0 Å². The van der Waals surface area contributed by atoms with Crippen LogP contribution in [-0.2, 0) is 11.8 Å². The van der Waals surface area contributed by atoms with Crippen molar-refractivity contribution in [3.8, 4) is 0 Å². The maximum absolute atomic E-state index is 12.2. The van der Waals surface area contributed by atoms with Crippen molar-refractivity contribution in [3.63, 3.8) is 0 Å². The van der Waals surface area contributed by atoms with E-state index in [2.05, 4.69) is 5.10 Å². The standard InChI is InChI=1S/C11H20N4O3/c1-7-9(12)10(15(3)13-7)11(17)14(2)5-8(16)6-18-4/h8,16H,5-6,12H2,1-4H3. The van der Waals surface area contributed by atoms with Crippen molar-refractivity contribution in [1.29, 1.82) is 0 Å². The maximum atomic E-state index is 12.2. The molecule has 0 aliphatic carbocycles. The second kappa shape index (κ2) is 5.83. The zero-order chi connectivity index (χ0) is 13.9. The number of anilines is 1. The van der Waals surface area contributed by atoms with Crippen molar-refractivity contribution in [1.82, 2.24) is 14.7 Å². The largest absolute Gasteiger partial charge is 0.395 e. The average Bonchev–Trinajstić information content (AvgIpc) is 2.52. The van der Waals surface area contributed by atoms with E-state index in [0.29, 0.717) is 17.1 Å². The van der Waals surface area contributed by atoms with Gasteiger partial charge in [0.15, 0.2) is 0 Å². The number of nitrogen functional groups attached to an aromatic ring is 1. The van der Waals surface area contributed by atoms with Gasteiger partial charge in [0.25, 0.3) is 5.91 Å². The summed E-state index contributed by atoms with van der Waals surface area (Å²) in [7, 11) is 4.76. The van der Waals surface area contributed by atoms with E-state index in [1.165, 1.54) is 16.7 Å². The van der Waals surface area contributed by atoms with Gasteiger partial charge in [0.05, 0.1) is 24.1 Å². The molecule has 0 aliphatic rings. The summed E-state index contributed by atoms with van der Waals surface area (Å²) in [5.41, 5.74) is 7.13. The molecule has 0 radical (unpaired) electrons. The highest BCUT2D eigenvalue weighted by Gasteiger charge is 2.22. The highest BCUT2D eigenvalue weighted by atomic mass is 16.5. The summed E-state index contributed by atoms with van der Waals surface area (Å²) in [4.78, 5) is 13.6. The van der Waals surface area contributed by atoms with E-state index >= 15 is 0 Å². The van der Waals surface area contributed by atoms with Crippen molar-refractivity contribution in [2.24, 2.45) is 7.05 Å². The summed E-state index contributed by atoms with van der Waals surface area (Å²) >= 11 is 0. The maximum Gasteiger partial charge on any atom is 0.274 e. The number of methoxy groups -OCH3 is 1. The van der Waals surface area contributed by atoms with Gasteiger partial charge in [-0.3, -0.25) is 9.48 Å². The summed E-state index contributed by atoms with van der Waals surface area (Å²) in [6.07, 6.45) is -0.723. The molecular weight excluding hydrogens is 236 g/mol. The number of aliphatic hydroxyl groups excluding tert-OH is 1. The Kier molecular flexibility index (Phi) is 4.69. The Labute approximate surface area is 106 Å². The third-order valence-corrected chi connectivity index (χ3v) is 2.66. The number of aliphatic hydroxyl groups is 1. The predicted molar refractivity (Wildman–Crippen MR) is 67.2 cm³/mol. The lowest BCUT2D eigenvalue weighted by atomic mass is 10.2. The number of ether oxygens (including phenoxy) is 1. The van der Waals surface area contributed by atoms with Crippen LogP contribution >= 0.6 is 0 Å². The molecule has 1 aromatic heterocycles. The molecule has 0 fully saturated rings. The van der Waals surface area contributed by atoms with Gasteiger partial charge in [0.2, 0.25) is 0 Å². The number of likely N-dealkylation sites (N-methyl/N-ethyl adjacent to an activating group) is 1. The van der Waals surface area contributed by atoms with Crippen LogP contribution in [0.4, 0.5) is 5.69 Å². The zero-order valence-electron chi connectivity index (χ0n) is 11.2. The first-order valence-electron chi connectivity index (χ1n) is 5.60. The summed E-state index contributed by atoms with van der Waals surface area (Å²) in [5.74, 6) is -0.272. The Balaban J connectivity index is 2.80. The molecule has 1 amide bonds. The number of carbonyl (C=O) groups excluding carboxylic acids is 1. The van der Waals surface area contributed by atoms with E-state index in [0.717, 1.165) is 0 Å². The van der Waals surface area contributed by atoms with Gasteiger partial charge in [0.1, 0.15) is 5.69 Å². The molecule has 0 spiro atoms. The van der Waals surface area contributed by atoms with E-state index in [9.17, 15) is 9.90 Å². The molecule has 1 heterocycles. The molecular formula is C11H20N4O3. The fourth-order valence-corrected chi connectivity index (χ4v) is 1.75. The van der Waals surface area contributed by atoms with Gasteiger partial charge in [-0.25, -0.2) is 0 Å². The molecule has 0 aliphatic heterocycles. The lowest BCUT2D eigenvalue weighted by Crippen LogP contribution is -2.37. The lowest BCUT2D eigenvalue weighted by molar-refractivity contribution is 0.0376. The van der Waals surface area contributed by atoms with Crippen LogP contribution in [0.15, 0.2) is 0 Å². The number of aromatic nitrogens is 2. The van der Waals surface area contributed by atoms with E-state index in [4.69, 9.17) is 10.5 Å². The number of hydrogen-bond acceptors (Lipinski definition) is 5. The molecule has 7 heteroatoms. The van der Waals surface area contributed by atoms with E-state index < -0.39 is 6.10 Å². The number of nitrogens with two attached hydrogens (primary N) is 1. The molecule has 0 saturated heterocycles. The topological polar surface area (TPSA) is 93.6 Å². The fraction of sp³-hybridized carbons (Fsp3) is 0.636. The minimum atomic E-state index is -0.723. The zero-order valence-corrected chi connectivity index (χ0v) is 11.2. The Bertz CT molecular complexity index is 430. The second-order valence-corrected chi connectivity index (χ2v) is 4.27. The van der Waals surface area contributed by atoms with Gasteiger partial charge in [-0.1, -0.05) is 0 Å². The Morgan fingerprint density at radius 2 is 2.28 bits per heavy atom. The number of rotatable bonds is 5. The van der Waals surface area contributed by atoms with E-state index in [-0.39, 0.29) is 19.1 Å². The second-order valence-electron chi connectivity index (χ2n) is 4.27. The molecule has 1 atom stereocenters. The minimum Gasteiger partial charge on any atom is -0.395 e. The van der Waals surface area contributed by atoms with Crippen LogP contribution < -0.4 is 5.73 Å². The lowest BCUT2D eigenvalue weighted by Gasteiger charge is -2.20. The van der Waals surface area contributed by atoms with Crippen LogP contribution in [0, 0.1) is 6.92 Å². The van der Waals surface area contributed by atoms with Crippen molar-refractivity contribution in [2.45, 2.75) is 13.0 Å². The van der Waals surface area contributed by atoms with Crippen molar-refractivity contribution in [2.75, 3.05) is 33.0 Å². The SMILES string of the molecule is COCC(O)CN(C)C(=O)c1c(N)c(C)nn1C. The predicted octanol–water partition coefficient (Wildman–Crippen LogP) is -0.610. The van der Waals surface area contributed by atoms with Crippen LogP contribution in [0.1, 0.15) is 16.2 Å². The molecule has 7 nitrogen and oxygen atoms in total. The van der Waals surface area contributed by atoms with E-state index in [1.807, 2.05) is 0 Å². The van der Waals surface area contributed by atoms with Crippen LogP contribution in [0.5, 0.6) is 0 Å². The molecule has 0 aromatic carbocycles. The number of carbonyl (C=O) groups is 1. The molecule has 102 valence electrons. The van der Waals surface area contributed by atoms with E-state index in [1.54, 1.807) is 21.0 Å².